The minimum absolute atomic E-state index is 0.0704. The minimum atomic E-state index is -0.478. The Bertz CT molecular complexity index is 1030. The van der Waals surface area contributed by atoms with Crippen molar-refractivity contribution in [2.75, 3.05) is 10.6 Å². The first kappa shape index (κ1) is 20.8. The molecule has 0 spiro atoms. The molecule has 3 aliphatic carbocycles. The number of aryl methyl sites for hydroxylation is 1. The number of aromatic nitrogens is 3. The molecule has 3 saturated carbocycles. The molecule has 30 heavy (non-hydrogen) atoms. The lowest BCUT2D eigenvalue weighted by Gasteiger charge is -2.62. The molecule has 0 aliphatic heterocycles. The van der Waals surface area contributed by atoms with Crippen LogP contribution in [0.5, 0.6) is 0 Å². The average Bonchev–Trinajstić information content (AvgIpc) is 2.70. The van der Waals surface area contributed by atoms with Crippen LogP contribution in [0, 0.1) is 30.1 Å². The quantitative estimate of drug-likeness (QED) is 0.756. The second-order valence-electron chi connectivity index (χ2n) is 9.28. The third-order valence-electron chi connectivity index (χ3n) is 7.29. The Hall–Kier alpha value is -2.41. The molecule has 3 aliphatic rings. The lowest BCUT2D eigenvalue weighted by atomic mass is 9.45. The highest BCUT2D eigenvalue weighted by molar-refractivity contribution is 6.32. The second kappa shape index (κ2) is 7.69. The summed E-state index contributed by atoms with van der Waals surface area (Å²) in [5, 5.41) is 10.4. The summed E-state index contributed by atoms with van der Waals surface area (Å²) < 4.78 is 1.08. The minimum Gasteiger partial charge on any atom is -0.379 e. The maximum atomic E-state index is 12.7. The Morgan fingerprint density at radius 1 is 1.30 bits per heavy atom. The topological polar surface area (TPSA) is 88.9 Å². The first-order valence-corrected chi connectivity index (χ1v) is 10.8. The van der Waals surface area contributed by atoms with Gasteiger partial charge in [-0.15, -0.1) is 0 Å². The number of nitrogens with one attached hydrogen (secondary N) is 2. The highest BCUT2D eigenvalue weighted by atomic mass is 35.5. The summed E-state index contributed by atoms with van der Waals surface area (Å²) >= 11 is 6.36. The standard InChI is InChI=1S/C22H28ClN5O2/c1-12-5-6-24-9-17(12)27-19(29)11-28-21(30)20(23)18(10-25-28)26-16-8-14-7-15(13(16)2)22(14,3)4/h5-6,9-10,13-16,26H,7-8,11H2,1-4H3,(H,27,29)/t13-,14-,15+,16-/m1/s1. The van der Waals surface area contributed by atoms with Crippen molar-refractivity contribution < 1.29 is 4.79 Å². The van der Waals surface area contributed by atoms with E-state index in [0.29, 0.717) is 34.5 Å². The van der Waals surface area contributed by atoms with E-state index in [2.05, 4.69) is 41.5 Å². The number of pyridine rings is 1. The highest BCUT2D eigenvalue weighted by Crippen LogP contribution is 2.61. The van der Waals surface area contributed by atoms with Gasteiger partial charge in [-0.25, -0.2) is 4.68 Å². The molecule has 2 N–H and O–H groups in total. The lowest BCUT2D eigenvalue weighted by molar-refractivity contribution is -0.117. The molecule has 0 aromatic carbocycles. The van der Waals surface area contributed by atoms with Gasteiger partial charge in [-0.05, 0) is 54.6 Å². The number of nitrogens with zero attached hydrogens (tertiary/aromatic N) is 3. The van der Waals surface area contributed by atoms with Crippen LogP contribution in [-0.4, -0.2) is 26.7 Å². The van der Waals surface area contributed by atoms with E-state index in [4.69, 9.17) is 11.6 Å². The molecule has 2 bridgehead atoms. The molecule has 8 heteroatoms. The number of rotatable bonds is 5. The van der Waals surface area contributed by atoms with Crippen LogP contribution < -0.4 is 16.2 Å². The van der Waals surface area contributed by atoms with Gasteiger partial charge in [0, 0.05) is 12.2 Å². The Morgan fingerprint density at radius 2 is 2.07 bits per heavy atom. The van der Waals surface area contributed by atoms with Crippen molar-refractivity contribution >= 4 is 28.9 Å². The molecule has 1 amide bonds. The number of carbonyl (C=O) groups excluding carboxylic acids is 1. The maximum absolute atomic E-state index is 12.7. The van der Waals surface area contributed by atoms with Gasteiger partial charge in [0.15, 0.2) is 0 Å². The van der Waals surface area contributed by atoms with Gasteiger partial charge in [-0.1, -0.05) is 32.4 Å². The van der Waals surface area contributed by atoms with Crippen LogP contribution >= 0.6 is 11.6 Å². The number of carbonyl (C=O) groups is 1. The van der Waals surface area contributed by atoms with E-state index in [1.54, 1.807) is 24.7 Å². The van der Waals surface area contributed by atoms with E-state index in [9.17, 15) is 9.59 Å². The van der Waals surface area contributed by atoms with Crippen LogP contribution in [0.2, 0.25) is 5.02 Å². The van der Waals surface area contributed by atoms with Gasteiger partial charge in [0.25, 0.3) is 5.56 Å². The van der Waals surface area contributed by atoms with Crippen LogP contribution in [0.1, 0.15) is 39.2 Å². The fraction of sp³-hybridized carbons (Fsp3) is 0.545. The fourth-order valence-electron chi connectivity index (χ4n) is 5.14. The summed E-state index contributed by atoms with van der Waals surface area (Å²) in [5.74, 6) is 1.51. The van der Waals surface area contributed by atoms with Crippen molar-refractivity contribution in [3.63, 3.8) is 0 Å². The van der Waals surface area contributed by atoms with E-state index in [0.717, 1.165) is 16.7 Å². The summed E-state index contributed by atoms with van der Waals surface area (Å²) in [5.41, 5.74) is 1.95. The average molecular weight is 430 g/mol. The van der Waals surface area contributed by atoms with Gasteiger partial charge in [-0.2, -0.15) is 5.10 Å². The molecule has 2 aromatic rings. The Labute approximate surface area is 181 Å². The number of anilines is 2. The zero-order valence-electron chi connectivity index (χ0n) is 17.8. The summed E-state index contributed by atoms with van der Waals surface area (Å²) in [6.07, 6.45) is 7.12. The van der Waals surface area contributed by atoms with Gasteiger partial charge in [0.1, 0.15) is 11.6 Å². The molecule has 3 fully saturated rings. The molecule has 5 rings (SSSR count). The number of halogens is 1. The molecule has 160 valence electrons. The van der Waals surface area contributed by atoms with Gasteiger partial charge in [0.05, 0.1) is 23.8 Å². The van der Waals surface area contributed by atoms with Crippen molar-refractivity contribution in [3.05, 3.63) is 45.6 Å². The first-order valence-electron chi connectivity index (χ1n) is 10.4. The highest BCUT2D eigenvalue weighted by Gasteiger charge is 2.56. The van der Waals surface area contributed by atoms with Crippen molar-refractivity contribution in [2.24, 2.45) is 23.2 Å². The first-order chi connectivity index (χ1) is 14.2. The molecule has 7 nitrogen and oxygen atoms in total. The van der Waals surface area contributed by atoms with Crippen LogP contribution in [0.3, 0.4) is 0 Å². The molecule has 2 heterocycles. The fourth-order valence-corrected chi connectivity index (χ4v) is 5.34. The van der Waals surface area contributed by atoms with Crippen LogP contribution in [-0.2, 0) is 11.3 Å². The number of amides is 1. The van der Waals surface area contributed by atoms with Crippen molar-refractivity contribution in [2.45, 2.75) is 53.1 Å². The third kappa shape index (κ3) is 3.60. The van der Waals surface area contributed by atoms with Crippen LogP contribution in [0.4, 0.5) is 11.4 Å². The largest absolute Gasteiger partial charge is 0.379 e. The molecule has 0 unspecified atom stereocenters. The van der Waals surface area contributed by atoms with Crippen molar-refractivity contribution in [3.8, 4) is 0 Å². The SMILES string of the molecule is Cc1ccncc1NC(=O)Cn1ncc(N[C@@H]2C[C@H]3C[C@@H]([C@H]2C)C3(C)C)c(Cl)c1=O. The van der Waals surface area contributed by atoms with Gasteiger partial charge in [0.2, 0.25) is 5.91 Å². The van der Waals surface area contributed by atoms with E-state index < -0.39 is 5.56 Å². The number of hydrogen-bond donors (Lipinski definition) is 2. The molecule has 0 saturated heterocycles. The maximum Gasteiger partial charge on any atom is 0.288 e. The van der Waals surface area contributed by atoms with Gasteiger partial charge >= 0.3 is 0 Å². The normalized spacial score (nSPS) is 26.6. The van der Waals surface area contributed by atoms with E-state index in [-0.39, 0.29) is 23.5 Å². The smallest absolute Gasteiger partial charge is 0.288 e. The monoisotopic (exact) mass is 429 g/mol. The molecule has 0 radical (unpaired) electrons. The Kier molecular flexibility index (Phi) is 5.34. The Balaban J connectivity index is 1.44. The van der Waals surface area contributed by atoms with Gasteiger partial charge in [-0.3, -0.25) is 14.6 Å². The molecule has 2 aromatic heterocycles. The summed E-state index contributed by atoms with van der Waals surface area (Å²) in [7, 11) is 0. The summed E-state index contributed by atoms with van der Waals surface area (Å²) in [4.78, 5) is 29.0. The van der Waals surface area contributed by atoms with Crippen molar-refractivity contribution in [1.29, 1.82) is 0 Å². The van der Waals surface area contributed by atoms with Crippen LogP contribution in [0.25, 0.3) is 0 Å². The number of hydrogen-bond acceptors (Lipinski definition) is 5. The second-order valence-corrected chi connectivity index (χ2v) is 9.66. The lowest BCUT2D eigenvalue weighted by Crippen LogP contribution is -2.58. The summed E-state index contributed by atoms with van der Waals surface area (Å²) in [6, 6.07) is 2.07. The number of fused-ring (bicyclic) bond motifs is 2. The molecular weight excluding hydrogens is 402 g/mol. The van der Waals surface area contributed by atoms with E-state index in [1.165, 1.54) is 6.42 Å². The van der Waals surface area contributed by atoms with Crippen molar-refractivity contribution in [1.82, 2.24) is 14.8 Å². The predicted molar refractivity (Wildman–Crippen MR) is 118 cm³/mol. The van der Waals surface area contributed by atoms with Gasteiger partial charge < -0.3 is 10.6 Å². The van der Waals surface area contributed by atoms with Crippen LogP contribution in [0.15, 0.2) is 29.5 Å². The molecule has 4 atom stereocenters. The summed E-state index contributed by atoms with van der Waals surface area (Å²) in [6.45, 7) is 8.63. The molecular formula is C22H28ClN5O2. The van der Waals surface area contributed by atoms with E-state index >= 15 is 0 Å². The van der Waals surface area contributed by atoms with E-state index in [1.807, 2.05) is 6.92 Å². The Morgan fingerprint density at radius 3 is 2.73 bits per heavy atom. The third-order valence-corrected chi connectivity index (χ3v) is 7.65. The zero-order valence-corrected chi connectivity index (χ0v) is 18.5. The predicted octanol–water partition coefficient (Wildman–Crippen LogP) is 3.72. The zero-order chi connectivity index (χ0) is 21.6.